The molecule has 0 aliphatic heterocycles. The van der Waals surface area contributed by atoms with Crippen LogP contribution in [-0.2, 0) is 6.18 Å². The molecular formula is C16H16F3NO. The first kappa shape index (κ1) is 15.5. The lowest BCUT2D eigenvalue weighted by molar-refractivity contribution is -0.137. The molecular weight excluding hydrogens is 279 g/mol. The van der Waals surface area contributed by atoms with E-state index in [2.05, 4.69) is 4.98 Å². The highest BCUT2D eigenvalue weighted by Crippen LogP contribution is 2.33. The highest BCUT2D eigenvalue weighted by atomic mass is 19.4. The van der Waals surface area contributed by atoms with E-state index in [-0.39, 0.29) is 0 Å². The minimum Gasteiger partial charge on any atom is -0.384 e. The van der Waals surface area contributed by atoms with Gasteiger partial charge in [0.2, 0.25) is 0 Å². The van der Waals surface area contributed by atoms with Crippen LogP contribution in [0.2, 0.25) is 0 Å². The fourth-order valence-corrected chi connectivity index (χ4v) is 2.31. The van der Waals surface area contributed by atoms with Gasteiger partial charge >= 0.3 is 6.18 Å². The average Bonchev–Trinajstić information content (AvgIpc) is 2.36. The van der Waals surface area contributed by atoms with Crippen LogP contribution in [0, 0.1) is 20.8 Å². The van der Waals surface area contributed by atoms with Crippen molar-refractivity contribution < 1.29 is 18.3 Å². The summed E-state index contributed by atoms with van der Waals surface area (Å²) in [5.74, 6) is 0. The second-order valence-corrected chi connectivity index (χ2v) is 5.10. The summed E-state index contributed by atoms with van der Waals surface area (Å²) in [6.45, 7) is 5.17. The predicted octanol–water partition coefficient (Wildman–Crippen LogP) is 4.11. The van der Waals surface area contributed by atoms with Crippen LogP contribution in [0.1, 0.15) is 39.7 Å². The lowest BCUT2D eigenvalue weighted by Gasteiger charge is -2.17. The van der Waals surface area contributed by atoms with E-state index in [0.717, 1.165) is 17.8 Å². The molecule has 21 heavy (non-hydrogen) atoms. The minimum atomic E-state index is -4.38. The van der Waals surface area contributed by atoms with E-state index in [4.69, 9.17) is 0 Å². The molecule has 1 unspecified atom stereocenters. The molecule has 2 aromatic rings. The number of halogens is 3. The molecule has 112 valence electrons. The van der Waals surface area contributed by atoms with Gasteiger partial charge in [-0.3, -0.25) is 4.98 Å². The monoisotopic (exact) mass is 295 g/mol. The van der Waals surface area contributed by atoms with Gasteiger partial charge in [-0.2, -0.15) is 13.2 Å². The Morgan fingerprint density at radius 3 is 2.14 bits per heavy atom. The van der Waals surface area contributed by atoms with E-state index in [1.165, 1.54) is 6.07 Å². The van der Waals surface area contributed by atoms with Gasteiger partial charge in [0.15, 0.2) is 0 Å². The molecule has 2 rings (SSSR count). The van der Waals surface area contributed by atoms with Crippen LogP contribution in [0.5, 0.6) is 0 Å². The van der Waals surface area contributed by atoms with Gasteiger partial charge in [0.25, 0.3) is 0 Å². The highest BCUT2D eigenvalue weighted by molar-refractivity contribution is 5.39. The Bertz CT molecular complexity index is 665. The van der Waals surface area contributed by atoms with Crippen molar-refractivity contribution in [2.24, 2.45) is 0 Å². The molecule has 1 aromatic carbocycles. The molecule has 0 fully saturated rings. The summed E-state index contributed by atoms with van der Waals surface area (Å²) in [6.07, 6.45) is -5.37. The van der Waals surface area contributed by atoms with Gasteiger partial charge < -0.3 is 5.11 Å². The molecule has 0 amide bonds. The van der Waals surface area contributed by atoms with Crippen LogP contribution in [0.4, 0.5) is 13.2 Å². The van der Waals surface area contributed by atoms with Gasteiger partial charge in [-0.05, 0) is 50.1 Å². The summed E-state index contributed by atoms with van der Waals surface area (Å²) >= 11 is 0. The average molecular weight is 295 g/mol. The Labute approximate surface area is 121 Å². The quantitative estimate of drug-likeness (QED) is 0.904. The number of alkyl halides is 3. The number of hydrogen-bond acceptors (Lipinski definition) is 2. The predicted molar refractivity (Wildman–Crippen MR) is 74.0 cm³/mol. The van der Waals surface area contributed by atoms with Crippen LogP contribution < -0.4 is 0 Å². The first-order valence-corrected chi connectivity index (χ1v) is 6.50. The van der Waals surface area contributed by atoms with Crippen molar-refractivity contribution in [2.75, 3.05) is 0 Å². The third-order valence-electron chi connectivity index (χ3n) is 3.45. The Morgan fingerprint density at radius 1 is 1.00 bits per heavy atom. The SMILES string of the molecule is Cc1ccc(C(O)c2ccc(C(F)(F)F)cc2C)c(C)n1. The first-order chi connectivity index (χ1) is 9.70. The van der Waals surface area contributed by atoms with E-state index >= 15 is 0 Å². The second-order valence-electron chi connectivity index (χ2n) is 5.10. The molecule has 2 nitrogen and oxygen atoms in total. The number of aliphatic hydroxyl groups is 1. The Kier molecular flexibility index (Phi) is 4.05. The molecule has 1 atom stereocenters. The maximum atomic E-state index is 12.7. The fraction of sp³-hybridized carbons (Fsp3) is 0.312. The lowest BCUT2D eigenvalue weighted by Crippen LogP contribution is -2.09. The van der Waals surface area contributed by atoms with E-state index < -0.39 is 17.8 Å². The maximum Gasteiger partial charge on any atom is 0.416 e. The van der Waals surface area contributed by atoms with Crippen molar-refractivity contribution >= 4 is 0 Å². The van der Waals surface area contributed by atoms with Crippen molar-refractivity contribution in [2.45, 2.75) is 33.1 Å². The number of aliphatic hydroxyl groups excluding tert-OH is 1. The number of benzene rings is 1. The third kappa shape index (κ3) is 3.24. The molecule has 0 spiro atoms. The van der Waals surface area contributed by atoms with E-state index in [1.54, 1.807) is 26.0 Å². The number of rotatable bonds is 2. The van der Waals surface area contributed by atoms with Crippen LogP contribution in [0.15, 0.2) is 30.3 Å². The van der Waals surface area contributed by atoms with Gasteiger partial charge in [0.05, 0.1) is 5.56 Å². The number of aryl methyl sites for hydroxylation is 3. The molecule has 1 heterocycles. The zero-order chi connectivity index (χ0) is 15.8. The zero-order valence-electron chi connectivity index (χ0n) is 12.0. The number of aromatic nitrogens is 1. The van der Waals surface area contributed by atoms with Crippen molar-refractivity contribution in [3.05, 3.63) is 64.0 Å². The molecule has 0 saturated heterocycles. The summed E-state index contributed by atoms with van der Waals surface area (Å²) < 4.78 is 38.0. The largest absolute Gasteiger partial charge is 0.416 e. The number of nitrogens with zero attached hydrogens (tertiary/aromatic N) is 1. The smallest absolute Gasteiger partial charge is 0.384 e. The van der Waals surface area contributed by atoms with Crippen LogP contribution in [0.3, 0.4) is 0 Å². The second kappa shape index (κ2) is 5.48. The molecule has 5 heteroatoms. The van der Waals surface area contributed by atoms with Crippen LogP contribution in [-0.4, -0.2) is 10.1 Å². The molecule has 0 radical (unpaired) electrons. The van der Waals surface area contributed by atoms with Crippen LogP contribution in [0.25, 0.3) is 0 Å². The highest BCUT2D eigenvalue weighted by Gasteiger charge is 2.31. The number of hydrogen-bond donors (Lipinski definition) is 1. The van der Waals surface area contributed by atoms with Gasteiger partial charge in [-0.25, -0.2) is 0 Å². The third-order valence-corrected chi connectivity index (χ3v) is 3.45. The van der Waals surface area contributed by atoms with Gasteiger partial charge in [-0.1, -0.05) is 12.1 Å². The Balaban J connectivity index is 2.42. The van der Waals surface area contributed by atoms with E-state index in [1.807, 2.05) is 6.92 Å². The molecule has 0 aliphatic carbocycles. The van der Waals surface area contributed by atoms with E-state index in [9.17, 15) is 18.3 Å². The van der Waals surface area contributed by atoms with Crippen molar-refractivity contribution in [1.29, 1.82) is 0 Å². The van der Waals surface area contributed by atoms with Gasteiger partial charge in [0, 0.05) is 17.0 Å². The maximum absolute atomic E-state index is 12.7. The zero-order valence-corrected chi connectivity index (χ0v) is 12.0. The summed E-state index contributed by atoms with van der Waals surface area (Å²) in [5, 5.41) is 10.4. The Morgan fingerprint density at radius 2 is 1.62 bits per heavy atom. The van der Waals surface area contributed by atoms with Crippen molar-refractivity contribution in [3.8, 4) is 0 Å². The summed E-state index contributed by atoms with van der Waals surface area (Å²) in [7, 11) is 0. The topological polar surface area (TPSA) is 33.1 Å². The molecule has 1 N–H and O–H groups in total. The molecule has 1 aromatic heterocycles. The van der Waals surface area contributed by atoms with Gasteiger partial charge in [0.1, 0.15) is 6.10 Å². The molecule has 0 saturated carbocycles. The minimum absolute atomic E-state index is 0.400. The number of pyridine rings is 1. The fourth-order valence-electron chi connectivity index (χ4n) is 2.31. The standard InChI is InChI=1S/C16H16F3NO/c1-9-8-12(16(17,18)19)5-7-13(9)15(21)14-6-4-10(2)20-11(14)3/h4-8,15,21H,1-3H3. The lowest BCUT2D eigenvalue weighted by atomic mass is 9.95. The van der Waals surface area contributed by atoms with Crippen molar-refractivity contribution in [3.63, 3.8) is 0 Å². The molecule has 0 bridgehead atoms. The summed E-state index contributed by atoms with van der Waals surface area (Å²) in [6, 6.07) is 6.88. The van der Waals surface area contributed by atoms with Crippen LogP contribution >= 0.6 is 0 Å². The first-order valence-electron chi connectivity index (χ1n) is 6.50. The summed E-state index contributed by atoms with van der Waals surface area (Å²) in [5.41, 5.74) is 2.24. The van der Waals surface area contributed by atoms with E-state index in [0.29, 0.717) is 22.4 Å². The van der Waals surface area contributed by atoms with Gasteiger partial charge in [-0.15, -0.1) is 0 Å². The van der Waals surface area contributed by atoms with Crippen molar-refractivity contribution in [1.82, 2.24) is 4.98 Å². The normalized spacial score (nSPS) is 13.3. The molecule has 0 aliphatic rings. The Hall–Kier alpha value is -1.88. The summed E-state index contributed by atoms with van der Waals surface area (Å²) in [4.78, 5) is 4.27.